The molecule has 1 aromatic heterocycles. The van der Waals surface area contributed by atoms with Crippen LogP contribution in [0.1, 0.15) is 15.9 Å². The maximum atomic E-state index is 12.5. The molecule has 3 aromatic carbocycles. The zero-order valence-electron chi connectivity index (χ0n) is 15.7. The third kappa shape index (κ3) is 3.71. The number of carbonyl (C=O) groups excluding carboxylic acids is 1. The van der Waals surface area contributed by atoms with Crippen molar-refractivity contribution < 1.29 is 14.7 Å². The van der Waals surface area contributed by atoms with Gasteiger partial charge in [-0.15, -0.1) is 0 Å². The number of fused-ring (bicyclic) bond motifs is 1. The lowest BCUT2D eigenvalue weighted by Crippen LogP contribution is -2.27. The van der Waals surface area contributed by atoms with E-state index in [0.717, 1.165) is 16.6 Å². The maximum Gasteiger partial charge on any atom is 0.352 e. The minimum absolute atomic E-state index is 0.262. The summed E-state index contributed by atoms with van der Waals surface area (Å²) in [6.45, 7) is 0. The number of hydrogen-bond donors (Lipinski definition) is 2. The van der Waals surface area contributed by atoms with Crippen LogP contribution in [0, 0.1) is 0 Å². The zero-order valence-corrected chi connectivity index (χ0v) is 16.5. The van der Waals surface area contributed by atoms with Crippen molar-refractivity contribution in [2.75, 3.05) is 0 Å². The number of halogens is 1. The summed E-state index contributed by atoms with van der Waals surface area (Å²) >= 11 is 6.70. The highest BCUT2D eigenvalue weighted by Gasteiger charge is 2.19. The van der Waals surface area contributed by atoms with Gasteiger partial charge < -0.3 is 10.4 Å². The number of aromatic nitrogens is 1. The van der Waals surface area contributed by atoms with Crippen molar-refractivity contribution in [2.45, 2.75) is 0 Å². The van der Waals surface area contributed by atoms with Gasteiger partial charge in [-0.2, -0.15) is 0 Å². The molecule has 148 valence electrons. The smallest absolute Gasteiger partial charge is 0.352 e. The summed E-state index contributed by atoms with van der Waals surface area (Å²) in [6, 6.07) is 25.5. The van der Waals surface area contributed by atoms with Crippen molar-refractivity contribution in [3.8, 4) is 5.69 Å². The summed E-state index contributed by atoms with van der Waals surface area (Å²) in [7, 11) is 0. The Morgan fingerprint density at radius 1 is 0.867 bits per heavy atom. The van der Waals surface area contributed by atoms with Crippen molar-refractivity contribution in [3.63, 3.8) is 0 Å². The highest BCUT2D eigenvalue weighted by atomic mass is 35.5. The van der Waals surface area contributed by atoms with Crippen LogP contribution in [0.15, 0.2) is 90.6 Å². The summed E-state index contributed by atoms with van der Waals surface area (Å²) in [5.74, 6) is -1.76. The number of nitrogens with zero attached hydrogens (tertiary/aromatic N) is 1. The molecule has 0 saturated carbocycles. The Hall–Kier alpha value is -3.83. The normalized spacial score (nSPS) is 11.4. The lowest BCUT2D eigenvalue weighted by Gasteiger charge is -2.07. The van der Waals surface area contributed by atoms with Crippen molar-refractivity contribution >= 4 is 40.5 Å². The number of carboxylic acid groups (broad SMARTS) is 1. The van der Waals surface area contributed by atoms with E-state index in [-0.39, 0.29) is 5.70 Å². The van der Waals surface area contributed by atoms with Gasteiger partial charge >= 0.3 is 5.97 Å². The second-order valence-corrected chi connectivity index (χ2v) is 6.93. The van der Waals surface area contributed by atoms with Crippen molar-refractivity contribution in [1.29, 1.82) is 0 Å². The minimum Gasteiger partial charge on any atom is -0.477 e. The molecule has 0 aliphatic carbocycles. The minimum atomic E-state index is -1.26. The molecular formula is C24H17ClN2O3. The topological polar surface area (TPSA) is 71.3 Å². The molecule has 0 saturated heterocycles. The molecule has 4 rings (SSSR count). The summed E-state index contributed by atoms with van der Waals surface area (Å²) in [5, 5.41) is 13.3. The van der Waals surface area contributed by atoms with E-state index in [1.54, 1.807) is 30.3 Å². The average Bonchev–Trinajstić information content (AvgIpc) is 3.05. The largest absolute Gasteiger partial charge is 0.477 e. The first-order valence-corrected chi connectivity index (χ1v) is 9.60. The molecule has 0 atom stereocenters. The van der Waals surface area contributed by atoms with Gasteiger partial charge in [0.25, 0.3) is 5.91 Å². The van der Waals surface area contributed by atoms with Gasteiger partial charge in [0, 0.05) is 22.2 Å². The SMILES string of the molecule is O=C(O)C(=Cc1c(Cl)n(-c2ccccc2)c2ccccc12)NC(=O)c1ccccc1. The number of aliphatic carboxylic acids is 1. The standard InChI is InChI=1S/C24H17ClN2O3/c25-22-19(15-20(24(29)30)26-23(28)16-9-3-1-4-10-16)18-13-7-8-14-21(18)27(22)17-11-5-2-6-12-17/h1-15H,(H,26,28)(H,29,30). The predicted molar refractivity (Wildman–Crippen MR) is 118 cm³/mol. The van der Waals surface area contributed by atoms with E-state index in [1.807, 2.05) is 59.2 Å². The van der Waals surface area contributed by atoms with Gasteiger partial charge in [0.1, 0.15) is 10.9 Å². The number of rotatable bonds is 5. The van der Waals surface area contributed by atoms with Crippen LogP contribution in [0.3, 0.4) is 0 Å². The Morgan fingerprint density at radius 3 is 2.13 bits per heavy atom. The summed E-state index contributed by atoms with van der Waals surface area (Å²) in [6.07, 6.45) is 1.40. The van der Waals surface area contributed by atoms with Gasteiger partial charge in [-0.1, -0.05) is 66.2 Å². The fraction of sp³-hybridized carbons (Fsp3) is 0. The number of benzene rings is 3. The van der Waals surface area contributed by atoms with Gasteiger partial charge in [0.05, 0.1) is 5.52 Å². The number of amides is 1. The van der Waals surface area contributed by atoms with E-state index in [0.29, 0.717) is 16.3 Å². The molecule has 6 heteroatoms. The Labute approximate surface area is 177 Å². The Morgan fingerprint density at radius 2 is 1.47 bits per heavy atom. The molecular weight excluding hydrogens is 400 g/mol. The van der Waals surface area contributed by atoms with Gasteiger partial charge in [-0.25, -0.2) is 4.79 Å². The highest BCUT2D eigenvalue weighted by Crippen LogP contribution is 2.34. The Kier molecular flexibility index (Phi) is 5.37. The van der Waals surface area contributed by atoms with E-state index in [1.165, 1.54) is 6.08 Å². The molecule has 2 N–H and O–H groups in total. The van der Waals surface area contributed by atoms with Crippen molar-refractivity contribution in [3.05, 3.63) is 107 Å². The van der Waals surface area contributed by atoms with Crippen LogP contribution >= 0.6 is 11.6 Å². The summed E-state index contributed by atoms with van der Waals surface area (Å²) in [5.41, 5.74) is 2.30. The number of hydrogen-bond acceptors (Lipinski definition) is 2. The highest BCUT2D eigenvalue weighted by molar-refractivity contribution is 6.33. The fourth-order valence-electron chi connectivity index (χ4n) is 3.28. The monoisotopic (exact) mass is 416 g/mol. The molecule has 0 radical (unpaired) electrons. The third-order valence-corrected chi connectivity index (χ3v) is 5.04. The molecule has 1 heterocycles. The van der Waals surface area contributed by atoms with Gasteiger partial charge in [0.15, 0.2) is 0 Å². The molecule has 0 bridgehead atoms. The third-order valence-electron chi connectivity index (χ3n) is 4.67. The predicted octanol–water partition coefficient (Wildman–Crippen LogP) is 5.14. The van der Waals surface area contributed by atoms with Crippen LogP contribution in [-0.4, -0.2) is 21.6 Å². The van der Waals surface area contributed by atoms with Crippen LogP contribution in [0.5, 0.6) is 0 Å². The quantitative estimate of drug-likeness (QED) is 0.442. The molecule has 0 aliphatic rings. The molecule has 5 nitrogen and oxygen atoms in total. The van der Waals surface area contributed by atoms with E-state index in [9.17, 15) is 14.7 Å². The molecule has 0 spiro atoms. The van der Waals surface area contributed by atoms with Crippen molar-refractivity contribution in [1.82, 2.24) is 9.88 Å². The summed E-state index contributed by atoms with van der Waals surface area (Å²) < 4.78 is 1.85. The second-order valence-electron chi connectivity index (χ2n) is 6.58. The second kappa shape index (κ2) is 8.27. The first-order chi connectivity index (χ1) is 14.6. The van der Waals surface area contributed by atoms with E-state index >= 15 is 0 Å². The van der Waals surface area contributed by atoms with E-state index in [4.69, 9.17) is 11.6 Å². The Bertz CT molecular complexity index is 1260. The average molecular weight is 417 g/mol. The van der Waals surface area contributed by atoms with Crippen LogP contribution in [0.25, 0.3) is 22.7 Å². The van der Waals surface area contributed by atoms with E-state index < -0.39 is 11.9 Å². The number of carbonyl (C=O) groups is 2. The zero-order chi connectivity index (χ0) is 21.1. The van der Waals surface area contributed by atoms with E-state index in [2.05, 4.69) is 5.32 Å². The first kappa shape index (κ1) is 19.5. The lowest BCUT2D eigenvalue weighted by atomic mass is 10.1. The van der Waals surface area contributed by atoms with Gasteiger partial charge in [0.2, 0.25) is 0 Å². The van der Waals surface area contributed by atoms with Crippen LogP contribution < -0.4 is 5.32 Å². The number of nitrogens with one attached hydrogen (secondary N) is 1. The fourth-order valence-corrected chi connectivity index (χ4v) is 3.63. The number of carboxylic acids is 1. The van der Waals surface area contributed by atoms with Crippen LogP contribution in [0.2, 0.25) is 5.15 Å². The molecule has 30 heavy (non-hydrogen) atoms. The van der Waals surface area contributed by atoms with Crippen LogP contribution in [0.4, 0.5) is 0 Å². The van der Waals surface area contributed by atoms with Crippen molar-refractivity contribution in [2.24, 2.45) is 0 Å². The molecule has 1 amide bonds. The maximum absolute atomic E-state index is 12.5. The molecule has 4 aromatic rings. The molecule has 0 unspecified atom stereocenters. The summed E-state index contributed by atoms with van der Waals surface area (Å²) in [4.78, 5) is 24.3. The van der Waals surface area contributed by atoms with Crippen LogP contribution in [-0.2, 0) is 4.79 Å². The lowest BCUT2D eigenvalue weighted by molar-refractivity contribution is -0.132. The number of para-hydroxylation sites is 2. The molecule has 0 fully saturated rings. The molecule has 0 aliphatic heterocycles. The van der Waals surface area contributed by atoms with Gasteiger partial charge in [-0.3, -0.25) is 9.36 Å². The first-order valence-electron chi connectivity index (χ1n) is 9.22. The Balaban J connectivity index is 1.83. The van der Waals surface area contributed by atoms with Gasteiger partial charge in [-0.05, 0) is 36.4 Å².